The second-order valence-corrected chi connectivity index (χ2v) is 4.50. The van der Waals surface area contributed by atoms with E-state index in [-0.39, 0.29) is 12.0 Å². The highest BCUT2D eigenvalue weighted by Crippen LogP contribution is 2.36. The molecule has 74 valence electrons. The van der Waals surface area contributed by atoms with Crippen molar-refractivity contribution in [2.45, 2.75) is 25.4 Å². The van der Waals surface area contributed by atoms with E-state index in [2.05, 4.69) is 15.9 Å². The molecular formula is C11H11BrO2. The van der Waals surface area contributed by atoms with Crippen molar-refractivity contribution in [2.24, 2.45) is 0 Å². The number of hydrogen-bond donors (Lipinski definition) is 0. The molecule has 1 aliphatic heterocycles. The first-order valence-electron chi connectivity index (χ1n) is 4.62. The van der Waals surface area contributed by atoms with Crippen LogP contribution in [-0.2, 0) is 4.79 Å². The number of hydrogen-bond acceptors (Lipinski definition) is 2. The standard InChI is InChI=1S/C11H11BrO2/c1-7-4-8(6-13)10-3-2-9(12)5-11(10)14-7/h2-3,5-8H,4H2,1H3. The Morgan fingerprint density at radius 1 is 1.57 bits per heavy atom. The molecule has 2 atom stereocenters. The molecule has 0 fully saturated rings. The summed E-state index contributed by atoms with van der Waals surface area (Å²) < 4.78 is 6.64. The molecule has 0 bridgehead atoms. The summed E-state index contributed by atoms with van der Waals surface area (Å²) in [6.45, 7) is 1.99. The number of benzene rings is 1. The maximum Gasteiger partial charge on any atom is 0.127 e. The van der Waals surface area contributed by atoms with Crippen molar-refractivity contribution in [1.82, 2.24) is 0 Å². The van der Waals surface area contributed by atoms with Crippen LogP contribution in [0.1, 0.15) is 24.8 Å². The zero-order chi connectivity index (χ0) is 10.1. The van der Waals surface area contributed by atoms with Gasteiger partial charge < -0.3 is 9.53 Å². The molecule has 0 saturated carbocycles. The topological polar surface area (TPSA) is 26.3 Å². The van der Waals surface area contributed by atoms with Gasteiger partial charge in [0, 0.05) is 16.0 Å². The molecule has 2 rings (SSSR count). The third-order valence-corrected chi connectivity index (χ3v) is 2.95. The van der Waals surface area contributed by atoms with E-state index in [0.29, 0.717) is 0 Å². The molecule has 0 aliphatic carbocycles. The van der Waals surface area contributed by atoms with E-state index in [1.807, 2.05) is 25.1 Å². The van der Waals surface area contributed by atoms with E-state index in [1.54, 1.807) is 0 Å². The minimum absolute atomic E-state index is 0.0122. The number of ether oxygens (including phenoxy) is 1. The summed E-state index contributed by atoms with van der Waals surface area (Å²) >= 11 is 3.38. The van der Waals surface area contributed by atoms with Crippen LogP contribution in [0.5, 0.6) is 5.75 Å². The third-order valence-electron chi connectivity index (χ3n) is 2.45. The van der Waals surface area contributed by atoms with Crippen molar-refractivity contribution < 1.29 is 9.53 Å². The van der Waals surface area contributed by atoms with E-state index in [9.17, 15) is 4.79 Å². The fraction of sp³-hybridized carbons (Fsp3) is 0.364. The van der Waals surface area contributed by atoms with Gasteiger partial charge in [-0.3, -0.25) is 0 Å². The molecule has 0 aromatic heterocycles. The van der Waals surface area contributed by atoms with Crippen LogP contribution >= 0.6 is 15.9 Å². The first-order valence-corrected chi connectivity index (χ1v) is 5.41. The molecular weight excluding hydrogens is 244 g/mol. The minimum atomic E-state index is -0.0122. The summed E-state index contributed by atoms with van der Waals surface area (Å²) in [7, 11) is 0. The summed E-state index contributed by atoms with van der Waals surface area (Å²) in [6, 6.07) is 5.81. The van der Waals surface area contributed by atoms with Crippen molar-refractivity contribution in [3.63, 3.8) is 0 Å². The maximum absolute atomic E-state index is 10.9. The van der Waals surface area contributed by atoms with Crippen molar-refractivity contribution in [1.29, 1.82) is 0 Å². The van der Waals surface area contributed by atoms with Gasteiger partial charge in [-0.25, -0.2) is 0 Å². The largest absolute Gasteiger partial charge is 0.490 e. The van der Waals surface area contributed by atoms with Gasteiger partial charge in [0.15, 0.2) is 0 Å². The molecule has 0 saturated heterocycles. The van der Waals surface area contributed by atoms with Gasteiger partial charge >= 0.3 is 0 Å². The van der Waals surface area contributed by atoms with Gasteiger partial charge in [0.25, 0.3) is 0 Å². The Balaban J connectivity index is 2.45. The minimum Gasteiger partial charge on any atom is -0.490 e. The summed E-state index contributed by atoms with van der Waals surface area (Å²) in [5, 5.41) is 0. The van der Waals surface area contributed by atoms with Crippen molar-refractivity contribution >= 4 is 22.2 Å². The molecule has 1 aromatic rings. The highest BCUT2D eigenvalue weighted by molar-refractivity contribution is 9.10. The lowest BCUT2D eigenvalue weighted by Crippen LogP contribution is -2.23. The van der Waals surface area contributed by atoms with Crippen LogP contribution < -0.4 is 4.74 Å². The molecule has 1 aliphatic rings. The molecule has 3 heteroatoms. The fourth-order valence-corrected chi connectivity index (χ4v) is 2.13. The van der Waals surface area contributed by atoms with Crippen molar-refractivity contribution in [2.75, 3.05) is 0 Å². The summed E-state index contributed by atoms with van der Waals surface area (Å²) in [6.07, 6.45) is 1.90. The Kier molecular flexibility index (Phi) is 2.59. The second kappa shape index (κ2) is 3.73. The predicted octanol–water partition coefficient (Wildman–Crippen LogP) is 2.90. The predicted molar refractivity (Wildman–Crippen MR) is 57.7 cm³/mol. The maximum atomic E-state index is 10.9. The van der Waals surface area contributed by atoms with Gasteiger partial charge in [0.05, 0.1) is 6.10 Å². The van der Waals surface area contributed by atoms with E-state index in [4.69, 9.17) is 4.74 Å². The highest BCUT2D eigenvalue weighted by atomic mass is 79.9. The molecule has 14 heavy (non-hydrogen) atoms. The number of carbonyl (C=O) groups is 1. The Hall–Kier alpha value is -0.830. The SMILES string of the molecule is CC1CC(C=O)c2ccc(Br)cc2O1. The van der Waals surface area contributed by atoms with Gasteiger partial charge in [-0.05, 0) is 25.5 Å². The van der Waals surface area contributed by atoms with Crippen LogP contribution in [0.15, 0.2) is 22.7 Å². The zero-order valence-electron chi connectivity index (χ0n) is 7.87. The molecule has 0 spiro atoms. The lowest BCUT2D eigenvalue weighted by atomic mass is 9.92. The molecule has 1 heterocycles. The van der Waals surface area contributed by atoms with Gasteiger partial charge in [0.1, 0.15) is 12.0 Å². The molecule has 1 aromatic carbocycles. The van der Waals surface area contributed by atoms with Gasteiger partial charge in [-0.1, -0.05) is 22.0 Å². The summed E-state index contributed by atoms with van der Waals surface area (Å²) in [5.74, 6) is 0.817. The van der Waals surface area contributed by atoms with E-state index >= 15 is 0 Å². The van der Waals surface area contributed by atoms with Crippen molar-refractivity contribution in [3.8, 4) is 5.75 Å². The van der Waals surface area contributed by atoms with Crippen LogP contribution in [0.3, 0.4) is 0 Å². The normalized spacial score (nSPS) is 25.0. The molecule has 0 amide bonds. The average Bonchev–Trinajstić information content (AvgIpc) is 2.15. The number of rotatable bonds is 1. The van der Waals surface area contributed by atoms with Crippen LogP contribution in [-0.4, -0.2) is 12.4 Å². The second-order valence-electron chi connectivity index (χ2n) is 3.59. The van der Waals surface area contributed by atoms with E-state index in [1.165, 1.54) is 0 Å². The molecule has 0 N–H and O–H groups in total. The quantitative estimate of drug-likeness (QED) is 0.721. The van der Waals surface area contributed by atoms with E-state index in [0.717, 1.165) is 28.5 Å². The summed E-state index contributed by atoms with van der Waals surface area (Å²) in [5.41, 5.74) is 1.00. The van der Waals surface area contributed by atoms with Crippen LogP contribution in [0.4, 0.5) is 0 Å². The lowest BCUT2D eigenvalue weighted by molar-refractivity contribution is -0.110. The van der Waals surface area contributed by atoms with Crippen LogP contribution in [0.25, 0.3) is 0 Å². The average molecular weight is 255 g/mol. The smallest absolute Gasteiger partial charge is 0.127 e. The Bertz CT molecular complexity index is 362. The first-order chi connectivity index (χ1) is 6.70. The number of aldehydes is 1. The molecule has 0 radical (unpaired) electrons. The molecule has 2 unspecified atom stereocenters. The van der Waals surface area contributed by atoms with Crippen LogP contribution in [0, 0.1) is 0 Å². The fourth-order valence-electron chi connectivity index (χ4n) is 1.79. The van der Waals surface area contributed by atoms with Crippen LogP contribution in [0.2, 0.25) is 0 Å². The van der Waals surface area contributed by atoms with Gasteiger partial charge in [0.2, 0.25) is 0 Å². The number of halogens is 1. The number of carbonyl (C=O) groups excluding carboxylic acids is 1. The Labute approximate surface area is 91.4 Å². The zero-order valence-corrected chi connectivity index (χ0v) is 9.45. The highest BCUT2D eigenvalue weighted by Gasteiger charge is 2.25. The Morgan fingerprint density at radius 3 is 3.07 bits per heavy atom. The molecule has 2 nitrogen and oxygen atoms in total. The lowest BCUT2D eigenvalue weighted by Gasteiger charge is -2.27. The van der Waals surface area contributed by atoms with Gasteiger partial charge in [-0.2, -0.15) is 0 Å². The third kappa shape index (κ3) is 1.69. The van der Waals surface area contributed by atoms with Gasteiger partial charge in [-0.15, -0.1) is 0 Å². The van der Waals surface area contributed by atoms with Crippen molar-refractivity contribution in [3.05, 3.63) is 28.2 Å². The summed E-state index contributed by atoms with van der Waals surface area (Å²) in [4.78, 5) is 10.9. The number of fused-ring (bicyclic) bond motifs is 1. The van der Waals surface area contributed by atoms with E-state index < -0.39 is 0 Å². The Morgan fingerprint density at radius 2 is 2.36 bits per heavy atom. The monoisotopic (exact) mass is 254 g/mol. The first kappa shape index (κ1) is 9.71.